The molecule has 0 spiro atoms. The van der Waals surface area contributed by atoms with Crippen LogP contribution in [0, 0.1) is 29.1 Å². The van der Waals surface area contributed by atoms with Crippen LogP contribution in [0.5, 0.6) is 0 Å². The fourth-order valence-electron chi connectivity index (χ4n) is 3.96. The van der Waals surface area contributed by atoms with Crippen molar-refractivity contribution in [3.8, 4) is 0 Å². The van der Waals surface area contributed by atoms with Gasteiger partial charge in [0.15, 0.2) is 0 Å². The van der Waals surface area contributed by atoms with Crippen molar-refractivity contribution in [3.63, 3.8) is 0 Å². The Kier molecular flexibility index (Phi) is 2.20. The van der Waals surface area contributed by atoms with E-state index in [9.17, 15) is 0 Å². The van der Waals surface area contributed by atoms with Gasteiger partial charge in [0, 0.05) is 0 Å². The van der Waals surface area contributed by atoms with Gasteiger partial charge in [0.1, 0.15) is 0 Å². The van der Waals surface area contributed by atoms with Crippen LogP contribution in [-0.2, 0) is 0 Å². The van der Waals surface area contributed by atoms with Gasteiger partial charge in [-0.05, 0) is 48.3 Å². The van der Waals surface area contributed by atoms with Crippen LogP contribution < -0.4 is 0 Å². The highest BCUT2D eigenvalue weighted by molar-refractivity contribution is 4.98. The molecule has 2 bridgehead atoms. The lowest BCUT2D eigenvalue weighted by molar-refractivity contribution is 0.134. The van der Waals surface area contributed by atoms with Gasteiger partial charge in [-0.25, -0.2) is 0 Å². The number of hydrogen-bond acceptors (Lipinski definition) is 0. The molecule has 4 atom stereocenters. The van der Waals surface area contributed by atoms with Crippen molar-refractivity contribution in [2.24, 2.45) is 29.1 Å². The maximum absolute atomic E-state index is 2.43. The monoisotopic (exact) mass is 180 g/mol. The van der Waals surface area contributed by atoms with E-state index in [4.69, 9.17) is 0 Å². The molecule has 0 aromatic heterocycles. The Balaban J connectivity index is 2.03. The molecule has 0 heterocycles. The summed E-state index contributed by atoms with van der Waals surface area (Å²) in [4.78, 5) is 0. The minimum absolute atomic E-state index is 0.568. The number of fused-ring (bicyclic) bond motifs is 2. The Labute approximate surface area is 83.1 Å². The Hall–Kier alpha value is 0. The first-order valence-corrected chi connectivity index (χ1v) is 6.02. The Morgan fingerprint density at radius 3 is 2.08 bits per heavy atom. The van der Waals surface area contributed by atoms with Crippen molar-refractivity contribution in [2.75, 3.05) is 0 Å². The van der Waals surface area contributed by atoms with E-state index >= 15 is 0 Å². The zero-order valence-corrected chi connectivity index (χ0v) is 9.64. The lowest BCUT2D eigenvalue weighted by Gasteiger charge is -2.36. The molecule has 0 nitrogen and oxygen atoms in total. The minimum atomic E-state index is 0.568. The second-order valence-electron chi connectivity index (χ2n) is 6.37. The molecule has 4 unspecified atom stereocenters. The van der Waals surface area contributed by atoms with E-state index in [1.54, 1.807) is 12.8 Å². The van der Waals surface area contributed by atoms with Crippen molar-refractivity contribution in [1.29, 1.82) is 0 Å². The molecule has 2 aliphatic rings. The van der Waals surface area contributed by atoms with Crippen molar-refractivity contribution in [1.82, 2.24) is 0 Å². The first-order valence-electron chi connectivity index (χ1n) is 6.02. The van der Waals surface area contributed by atoms with Gasteiger partial charge in [-0.2, -0.15) is 0 Å². The Morgan fingerprint density at radius 1 is 1.00 bits per heavy atom. The minimum Gasteiger partial charge on any atom is -0.0651 e. The van der Waals surface area contributed by atoms with Crippen LogP contribution in [0.15, 0.2) is 0 Å². The molecule has 0 saturated heterocycles. The average Bonchev–Trinajstić information content (AvgIpc) is 2.59. The van der Waals surface area contributed by atoms with E-state index in [2.05, 4.69) is 27.7 Å². The normalized spacial score (nSPS) is 44.3. The Bertz CT molecular complexity index is 187. The highest BCUT2D eigenvalue weighted by atomic mass is 14.5. The zero-order chi connectivity index (χ0) is 9.64. The summed E-state index contributed by atoms with van der Waals surface area (Å²) in [5.74, 6) is 4.29. The standard InChI is InChI=1S/C13H24/c1-5-9-6-11-7-10(9)8-12(11)13(2,3)4/h9-12H,5-8H2,1-4H3. The van der Waals surface area contributed by atoms with Gasteiger partial charge in [-0.15, -0.1) is 0 Å². The topological polar surface area (TPSA) is 0 Å². The largest absolute Gasteiger partial charge is 0.0651 e. The number of hydrogen-bond donors (Lipinski definition) is 0. The quantitative estimate of drug-likeness (QED) is 0.570. The second-order valence-corrected chi connectivity index (χ2v) is 6.37. The fourth-order valence-corrected chi connectivity index (χ4v) is 3.96. The van der Waals surface area contributed by atoms with Crippen molar-refractivity contribution in [3.05, 3.63) is 0 Å². The molecule has 0 N–H and O–H groups in total. The lowest BCUT2D eigenvalue weighted by atomic mass is 9.69. The maximum Gasteiger partial charge on any atom is -0.0334 e. The van der Waals surface area contributed by atoms with E-state index in [0.29, 0.717) is 5.41 Å². The van der Waals surface area contributed by atoms with Gasteiger partial charge >= 0.3 is 0 Å². The molecular formula is C13H24. The average molecular weight is 180 g/mol. The van der Waals surface area contributed by atoms with Gasteiger partial charge in [-0.3, -0.25) is 0 Å². The molecule has 0 aromatic rings. The third-order valence-electron chi connectivity index (χ3n) is 4.64. The smallest absolute Gasteiger partial charge is 0.0334 e. The van der Waals surface area contributed by atoms with Crippen LogP contribution in [0.25, 0.3) is 0 Å². The van der Waals surface area contributed by atoms with Gasteiger partial charge < -0.3 is 0 Å². The van der Waals surface area contributed by atoms with Crippen molar-refractivity contribution in [2.45, 2.75) is 53.4 Å². The fraction of sp³-hybridized carbons (Fsp3) is 1.00. The van der Waals surface area contributed by atoms with Crippen LogP contribution in [-0.4, -0.2) is 0 Å². The van der Waals surface area contributed by atoms with Crippen LogP contribution in [0.4, 0.5) is 0 Å². The third-order valence-corrected chi connectivity index (χ3v) is 4.64. The van der Waals surface area contributed by atoms with Gasteiger partial charge in [0.2, 0.25) is 0 Å². The molecule has 0 aromatic carbocycles. The van der Waals surface area contributed by atoms with E-state index in [-0.39, 0.29) is 0 Å². The SMILES string of the molecule is CCC1CC2CC1CC2C(C)(C)C. The molecule has 0 radical (unpaired) electrons. The zero-order valence-electron chi connectivity index (χ0n) is 9.64. The summed E-state index contributed by atoms with van der Waals surface area (Å²) < 4.78 is 0. The molecule has 0 amide bonds. The lowest BCUT2D eigenvalue weighted by Crippen LogP contribution is -2.28. The summed E-state index contributed by atoms with van der Waals surface area (Å²) in [6.07, 6.45) is 6.06. The van der Waals surface area contributed by atoms with Crippen molar-refractivity contribution < 1.29 is 0 Å². The van der Waals surface area contributed by atoms with Gasteiger partial charge in [0.25, 0.3) is 0 Å². The molecule has 0 heteroatoms. The van der Waals surface area contributed by atoms with Crippen molar-refractivity contribution >= 4 is 0 Å². The number of rotatable bonds is 1. The van der Waals surface area contributed by atoms with Gasteiger partial charge in [0.05, 0.1) is 0 Å². The van der Waals surface area contributed by atoms with Crippen LogP contribution >= 0.6 is 0 Å². The van der Waals surface area contributed by atoms with E-state index < -0.39 is 0 Å². The molecule has 2 saturated carbocycles. The molecule has 2 fully saturated rings. The summed E-state index contributed by atoms with van der Waals surface area (Å²) in [6.45, 7) is 9.66. The molecule has 76 valence electrons. The summed E-state index contributed by atoms with van der Waals surface area (Å²) in [5.41, 5.74) is 0.568. The maximum atomic E-state index is 2.43. The van der Waals surface area contributed by atoms with Crippen LogP contribution in [0.1, 0.15) is 53.4 Å². The molecule has 13 heavy (non-hydrogen) atoms. The predicted molar refractivity (Wildman–Crippen MR) is 57.6 cm³/mol. The van der Waals surface area contributed by atoms with Crippen LogP contribution in [0.3, 0.4) is 0 Å². The highest BCUT2D eigenvalue weighted by Gasteiger charge is 2.48. The summed E-state index contributed by atoms with van der Waals surface area (Å²) in [7, 11) is 0. The Morgan fingerprint density at radius 2 is 1.69 bits per heavy atom. The van der Waals surface area contributed by atoms with Crippen LogP contribution in [0.2, 0.25) is 0 Å². The molecule has 0 aliphatic heterocycles. The van der Waals surface area contributed by atoms with E-state index in [0.717, 1.165) is 23.7 Å². The first-order chi connectivity index (χ1) is 6.02. The molecular weight excluding hydrogens is 156 g/mol. The molecule has 2 aliphatic carbocycles. The second kappa shape index (κ2) is 3.00. The summed E-state index contributed by atoms with van der Waals surface area (Å²) in [5, 5.41) is 0. The van der Waals surface area contributed by atoms with E-state index in [1.165, 1.54) is 12.8 Å². The van der Waals surface area contributed by atoms with E-state index in [1.807, 2.05) is 0 Å². The molecule has 2 rings (SSSR count). The third kappa shape index (κ3) is 1.53. The summed E-state index contributed by atoms with van der Waals surface area (Å²) in [6, 6.07) is 0. The van der Waals surface area contributed by atoms with Gasteiger partial charge in [-0.1, -0.05) is 34.1 Å². The first kappa shape index (κ1) is 9.55. The predicted octanol–water partition coefficient (Wildman–Crippen LogP) is 4.10. The highest BCUT2D eigenvalue weighted by Crippen LogP contribution is 2.57. The summed E-state index contributed by atoms with van der Waals surface area (Å²) >= 11 is 0.